The number of likely N-dealkylation sites (N-methyl/N-ethyl adjacent to an activating group) is 1. The first-order chi connectivity index (χ1) is 10.7. The summed E-state index contributed by atoms with van der Waals surface area (Å²) in [5.74, 6) is -0.208. The molecule has 1 N–H and O–H groups in total. The topological polar surface area (TPSA) is 82.7 Å². The third kappa shape index (κ3) is 2.40. The van der Waals surface area contributed by atoms with Crippen LogP contribution in [0.5, 0.6) is 0 Å². The molecule has 2 amide bonds. The number of Topliss-reactive ketones (excluding diaryl/α,β-unsaturated/α-hetero) is 1. The lowest BCUT2D eigenvalue weighted by Gasteiger charge is -2.22. The summed E-state index contributed by atoms with van der Waals surface area (Å²) in [6, 6.07) is 0. The second-order valence-corrected chi connectivity index (χ2v) is 6.56. The van der Waals surface area contributed by atoms with Crippen molar-refractivity contribution in [3.63, 3.8) is 0 Å². The lowest BCUT2D eigenvalue weighted by atomic mass is 10.0. The minimum absolute atomic E-state index is 0.0890. The van der Waals surface area contributed by atoms with Gasteiger partial charge in [0, 0.05) is 32.6 Å². The molecule has 124 valence electrons. The maximum Gasteiger partial charge on any atom is 0.410 e. The van der Waals surface area contributed by atoms with Crippen LogP contribution >= 0.6 is 0 Å². The Morgan fingerprint density at radius 3 is 2.48 bits per heavy atom. The zero-order valence-corrected chi connectivity index (χ0v) is 13.9. The predicted molar refractivity (Wildman–Crippen MR) is 82.6 cm³/mol. The molecule has 2 fully saturated rings. The van der Waals surface area contributed by atoms with Gasteiger partial charge in [0.25, 0.3) is 5.91 Å². The molecule has 0 bridgehead atoms. The maximum absolute atomic E-state index is 12.9. The molecule has 2 aliphatic rings. The second kappa shape index (κ2) is 5.11. The van der Waals surface area contributed by atoms with Crippen LogP contribution in [0.15, 0.2) is 0 Å². The van der Waals surface area contributed by atoms with Gasteiger partial charge >= 0.3 is 6.09 Å². The molecule has 3 heterocycles. The number of carbonyl (C=O) groups is 3. The van der Waals surface area contributed by atoms with E-state index < -0.39 is 5.60 Å². The Hall–Kier alpha value is -2.31. The molecule has 0 unspecified atom stereocenters. The SMILES string of the molecule is CC(=O)c1[nH]c(C)c(C(=O)N2CC[C@@]3(CN(C)C(=O)O3)C2)c1C. The number of ether oxygens (including phenoxy) is 1. The number of hydrogen-bond acceptors (Lipinski definition) is 4. The fraction of sp³-hybridized carbons (Fsp3) is 0.562. The molecule has 0 aromatic carbocycles. The lowest BCUT2D eigenvalue weighted by molar-refractivity contribution is 0.0552. The van der Waals surface area contributed by atoms with E-state index in [1.165, 1.54) is 11.8 Å². The number of aryl methyl sites for hydroxylation is 1. The second-order valence-electron chi connectivity index (χ2n) is 6.56. The van der Waals surface area contributed by atoms with Gasteiger partial charge in [-0.2, -0.15) is 0 Å². The van der Waals surface area contributed by atoms with Gasteiger partial charge in [-0.1, -0.05) is 0 Å². The van der Waals surface area contributed by atoms with Gasteiger partial charge in [-0.25, -0.2) is 4.79 Å². The molecule has 2 aliphatic heterocycles. The number of carbonyl (C=O) groups excluding carboxylic acids is 3. The van der Waals surface area contributed by atoms with Crippen LogP contribution < -0.4 is 0 Å². The highest BCUT2D eigenvalue weighted by Crippen LogP contribution is 2.33. The fourth-order valence-corrected chi connectivity index (χ4v) is 3.60. The summed E-state index contributed by atoms with van der Waals surface area (Å²) in [6.07, 6.45) is 0.295. The Morgan fingerprint density at radius 2 is 1.96 bits per heavy atom. The number of hydrogen-bond donors (Lipinski definition) is 1. The monoisotopic (exact) mass is 319 g/mol. The van der Waals surface area contributed by atoms with Crippen LogP contribution in [0.25, 0.3) is 0 Å². The van der Waals surface area contributed by atoms with Gasteiger partial charge in [-0.05, 0) is 19.4 Å². The summed E-state index contributed by atoms with van der Waals surface area (Å²) < 4.78 is 5.47. The zero-order chi connectivity index (χ0) is 16.9. The van der Waals surface area contributed by atoms with E-state index in [0.29, 0.717) is 48.6 Å². The van der Waals surface area contributed by atoms with Crippen molar-refractivity contribution in [2.45, 2.75) is 32.8 Å². The molecule has 0 radical (unpaired) electrons. The van der Waals surface area contributed by atoms with Crippen LogP contribution in [-0.4, -0.2) is 64.9 Å². The van der Waals surface area contributed by atoms with Gasteiger partial charge in [-0.3, -0.25) is 9.59 Å². The van der Waals surface area contributed by atoms with Gasteiger partial charge in [0.15, 0.2) is 11.4 Å². The Kier molecular flexibility index (Phi) is 3.46. The summed E-state index contributed by atoms with van der Waals surface area (Å²) in [5, 5.41) is 0. The molecule has 1 aromatic heterocycles. The molecule has 0 saturated carbocycles. The lowest BCUT2D eigenvalue weighted by Crippen LogP contribution is -2.39. The molecule has 2 saturated heterocycles. The van der Waals surface area contributed by atoms with Crippen LogP contribution in [0.2, 0.25) is 0 Å². The number of likely N-dealkylation sites (tertiary alicyclic amines) is 1. The highest BCUT2D eigenvalue weighted by molar-refractivity contribution is 6.02. The average molecular weight is 319 g/mol. The molecule has 23 heavy (non-hydrogen) atoms. The smallest absolute Gasteiger partial charge is 0.410 e. The van der Waals surface area contributed by atoms with Gasteiger partial charge in [0.2, 0.25) is 0 Å². The Balaban J connectivity index is 1.83. The number of ketones is 1. The van der Waals surface area contributed by atoms with Crippen molar-refractivity contribution < 1.29 is 19.1 Å². The molecule has 1 spiro atoms. The quantitative estimate of drug-likeness (QED) is 0.838. The summed E-state index contributed by atoms with van der Waals surface area (Å²) in [5.41, 5.74) is 1.81. The van der Waals surface area contributed by atoms with Crippen molar-refractivity contribution in [3.8, 4) is 0 Å². The van der Waals surface area contributed by atoms with Crippen LogP contribution in [0.4, 0.5) is 4.79 Å². The molecule has 1 atom stereocenters. The summed E-state index contributed by atoms with van der Waals surface area (Å²) >= 11 is 0. The van der Waals surface area contributed by atoms with E-state index in [0.717, 1.165) is 0 Å². The molecule has 1 aromatic rings. The van der Waals surface area contributed by atoms with E-state index in [1.54, 1.807) is 25.8 Å². The molecule has 7 nitrogen and oxygen atoms in total. The van der Waals surface area contributed by atoms with Gasteiger partial charge < -0.3 is 19.5 Å². The minimum Gasteiger partial charge on any atom is -0.439 e. The van der Waals surface area contributed by atoms with E-state index in [1.807, 2.05) is 0 Å². The Labute approximate surface area is 134 Å². The molecular formula is C16H21N3O4. The first kappa shape index (κ1) is 15.6. The van der Waals surface area contributed by atoms with Crippen molar-refractivity contribution in [1.82, 2.24) is 14.8 Å². The van der Waals surface area contributed by atoms with Crippen LogP contribution in [0.3, 0.4) is 0 Å². The van der Waals surface area contributed by atoms with Crippen molar-refractivity contribution in [3.05, 3.63) is 22.5 Å². The standard InChI is InChI=1S/C16H21N3O4/c1-9-12(10(2)17-13(9)11(3)20)14(21)19-6-5-16(8-19)7-18(4)15(22)23-16/h17H,5-8H2,1-4H3/t16-/m1/s1. The number of nitrogens with zero attached hydrogens (tertiary/aromatic N) is 2. The highest BCUT2D eigenvalue weighted by Gasteiger charge is 2.49. The first-order valence-corrected chi connectivity index (χ1v) is 7.67. The van der Waals surface area contributed by atoms with Crippen LogP contribution in [0, 0.1) is 13.8 Å². The maximum atomic E-state index is 12.9. The Bertz CT molecular complexity index is 708. The van der Waals surface area contributed by atoms with Crippen molar-refractivity contribution >= 4 is 17.8 Å². The van der Waals surface area contributed by atoms with Crippen LogP contribution in [-0.2, 0) is 4.74 Å². The van der Waals surface area contributed by atoms with E-state index in [2.05, 4.69) is 4.98 Å². The third-order valence-corrected chi connectivity index (χ3v) is 4.75. The number of nitrogens with one attached hydrogen (secondary N) is 1. The largest absolute Gasteiger partial charge is 0.439 e. The van der Waals surface area contributed by atoms with Crippen molar-refractivity contribution in [1.29, 1.82) is 0 Å². The van der Waals surface area contributed by atoms with E-state index in [-0.39, 0.29) is 17.8 Å². The predicted octanol–water partition coefficient (Wildman–Crippen LogP) is 1.50. The number of amides is 2. The molecule has 3 rings (SSSR count). The third-order valence-electron chi connectivity index (χ3n) is 4.75. The Morgan fingerprint density at radius 1 is 1.26 bits per heavy atom. The normalized spacial score (nSPS) is 23.7. The fourth-order valence-electron chi connectivity index (χ4n) is 3.60. The number of aromatic nitrogens is 1. The average Bonchev–Trinajstić information content (AvgIpc) is 3.08. The zero-order valence-electron chi connectivity index (χ0n) is 13.9. The summed E-state index contributed by atoms with van der Waals surface area (Å²) in [4.78, 5) is 42.4. The van der Waals surface area contributed by atoms with E-state index in [4.69, 9.17) is 4.74 Å². The summed E-state index contributed by atoms with van der Waals surface area (Å²) in [6.45, 7) is 6.48. The van der Waals surface area contributed by atoms with E-state index >= 15 is 0 Å². The minimum atomic E-state index is -0.594. The number of rotatable bonds is 2. The molecule has 7 heteroatoms. The number of aromatic amines is 1. The summed E-state index contributed by atoms with van der Waals surface area (Å²) in [7, 11) is 1.70. The molecule has 0 aliphatic carbocycles. The van der Waals surface area contributed by atoms with Gasteiger partial charge in [-0.15, -0.1) is 0 Å². The van der Waals surface area contributed by atoms with Gasteiger partial charge in [0.05, 0.1) is 24.3 Å². The van der Waals surface area contributed by atoms with Gasteiger partial charge in [0.1, 0.15) is 0 Å². The van der Waals surface area contributed by atoms with E-state index in [9.17, 15) is 14.4 Å². The molecular weight excluding hydrogens is 298 g/mol. The van der Waals surface area contributed by atoms with Crippen molar-refractivity contribution in [2.24, 2.45) is 0 Å². The number of H-pyrrole nitrogens is 1. The van der Waals surface area contributed by atoms with Crippen LogP contribution in [0.1, 0.15) is 45.4 Å². The first-order valence-electron chi connectivity index (χ1n) is 7.67. The highest BCUT2D eigenvalue weighted by atomic mass is 16.6. The van der Waals surface area contributed by atoms with Crippen molar-refractivity contribution in [2.75, 3.05) is 26.7 Å².